The average Bonchev–Trinajstić information content (AvgIpc) is 2.76. The van der Waals surface area contributed by atoms with Crippen molar-refractivity contribution in [3.05, 3.63) is 17.7 Å². The van der Waals surface area contributed by atoms with Crippen molar-refractivity contribution >= 4 is 5.91 Å². The lowest BCUT2D eigenvalue weighted by Gasteiger charge is -2.59. The Labute approximate surface area is 179 Å². The molecule has 1 heterocycles. The molecule has 1 aromatic rings. The SMILES string of the molecule is COc1cc(C(=O)N2CC[NH+](C34CC5CC(CC(C5)C3)C4)CC2)cc(OC)c1OC. The quantitative estimate of drug-likeness (QED) is 0.800. The molecule has 1 N–H and O–H groups in total. The summed E-state index contributed by atoms with van der Waals surface area (Å²) in [5.74, 6) is 4.55. The predicted molar refractivity (Wildman–Crippen MR) is 114 cm³/mol. The van der Waals surface area contributed by atoms with Gasteiger partial charge < -0.3 is 24.0 Å². The summed E-state index contributed by atoms with van der Waals surface area (Å²) in [6, 6.07) is 3.53. The highest BCUT2D eigenvalue weighted by atomic mass is 16.5. The molecule has 0 unspecified atom stereocenters. The van der Waals surface area contributed by atoms with Crippen molar-refractivity contribution in [3.63, 3.8) is 0 Å². The third-order valence-electron chi connectivity index (χ3n) is 8.35. The topological polar surface area (TPSA) is 52.4 Å². The number of nitrogens with one attached hydrogen (secondary N) is 1. The Balaban J connectivity index is 1.29. The molecule has 1 amide bonds. The summed E-state index contributed by atoms with van der Waals surface area (Å²) in [6.45, 7) is 3.80. The molecule has 5 aliphatic rings. The Morgan fingerprint density at radius 1 is 0.900 bits per heavy atom. The third-order valence-corrected chi connectivity index (χ3v) is 8.35. The molecular weight excluding hydrogens is 380 g/mol. The fourth-order valence-electron chi connectivity index (χ4n) is 7.44. The Kier molecular flexibility index (Phi) is 5.08. The van der Waals surface area contributed by atoms with Gasteiger partial charge in [-0.05, 0) is 49.1 Å². The standard InChI is InChI=1S/C24H34N2O4/c1-28-20-11-19(12-21(29-2)22(20)30-3)23(27)25-4-6-26(7-5-25)24-13-16-8-17(14-24)10-18(9-16)15-24/h11-12,16-18H,4-10,13-15H2,1-3H3/p+1. The molecule has 6 heteroatoms. The van der Waals surface area contributed by atoms with Gasteiger partial charge in [-0.1, -0.05) is 0 Å². The monoisotopic (exact) mass is 415 g/mol. The third kappa shape index (κ3) is 3.24. The highest BCUT2D eigenvalue weighted by Gasteiger charge is 2.56. The molecule has 4 aliphatic carbocycles. The summed E-state index contributed by atoms with van der Waals surface area (Å²) in [7, 11) is 4.74. The molecule has 1 saturated heterocycles. The molecule has 164 valence electrons. The lowest BCUT2D eigenvalue weighted by molar-refractivity contribution is -0.962. The van der Waals surface area contributed by atoms with Crippen molar-refractivity contribution in [2.45, 2.75) is 44.1 Å². The van der Waals surface area contributed by atoms with Crippen molar-refractivity contribution in [2.24, 2.45) is 17.8 Å². The van der Waals surface area contributed by atoms with Crippen LogP contribution >= 0.6 is 0 Å². The van der Waals surface area contributed by atoms with Crippen LogP contribution in [0.2, 0.25) is 0 Å². The maximum Gasteiger partial charge on any atom is 0.254 e. The Morgan fingerprint density at radius 3 is 1.83 bits per heavy atom. The van der Waals surface area contributed by atoms with E-state index < -0.39 is 0 Å². The van der Waals surface area contributed by atoms with Crippen molar-refractivity contribution in [2.75, 3.05) is 47.5 Å². The van der Waals surface area contributed by atoms with Gasteiger partial charge in [-0.3, -0.25) is 4.79 Å². The average molecular weight is 416 g/mol. The van der Waals surface area contributed by atoms with Crippen LogP contribution in [0, 0.1) is 17.8 Å². The normalized spacial score (nSPS) is 32.9. The predicted octanol–water partition coefficient (Wildman–Crippen LogP) is 2.02. The summed E-state index contributed by atoms with van der Waals surface area (Å²) >= 11 is 0. The summed E-state index contributed by atoms with van der Waals surface area (Å²) in [5.41, 5.74) is 1.11. The number of amides is 1. The zero-order valence-electron chi connectivity index (χ0n) is 18.5. The first-order valence-corrected chi connectivity index (χ1v) is 11.5. The second-order valence-corrected chi connectivity index (χ2v) is 10.0. The minimum atomic E-state index is 0.0545. The van der Waals surface area contributed by atoms with Crippen LogP contribution in [-0.2, 0) is 0 Å². The fraction of sp³-hybridized carbons (Fsp3) is 0.708. The van der Waals surface area contributed by atoms with Crippen LogP contribution in [0.1, 0.15) is 48.9 Å². The summed E-state index contributed by atoms with van der Waals surface area (Å²) in [5, 5.41) is 0. The largest absolute Gasteiger partial charge is 0.493 e. The number of carbonyl (C=O) groups is 1. The number of quaternary nitrogens is 1. The number of nitrogens with zero attached hydrogens (tertiary/aromatic N) is 1. The van der Waals surface area contributed by atoms with E-state index in [1.807, 2.05) is 4.90 Å². The van der Waals surface area contributed by atoms with Crippen molar-refractivity contribution < 1.29 is 23.9 Å². The van der Waals surface area contributed by atoms with E-state index in [-0.39, 0.29) is 5.91 Å². The van der Waals surface area contributed by atoms with Crippen molar-refractivity contribution in [1.29, 1.82) is 0 Å². The van der Waals surface area contributed by atoms with Gasteiger partial charge in [-0.25, -0.2) is 0 Å². The molecule has 30 heavy (non-hydrogen) atoms. The van der Waals surface area contributed by atoms with Gasteiger partial charge in [0, 0.05) is 24.8 Å². The van der Waals surface area contributed by atoms with Gasteiger partial charge in [0.1, 0.15) is 0 Å². The second-order valence-electron chi connectivity index (χ2n) is 10.0. The smallest absolute Gasteiger partial charge is 0.254 e. The van der Waals surface area contributed by atoms with Gasteiger partial charge >= 0.3 is 0 Å². The van der Waals surface area contributed by atoms with Gasteiger partial charge in [-0.15, -0.1) is 0 Å². The van der Waals surface area contributed by atoms with Crippen LogP contribution < -0.4 is 19.1 Å². The lowest BCUT2D eigenvalue weighted by atomic mass is 9.52. The Bertz CT molecular complexity index is 755. The van der Waals surface area contributed by atoms with Crippen LogP contribution in [-0.4, -0.2) is 63.9 Å². The van der Waals surface area contributed by atoms with E-state index in [1.165, 1.54) is 38.5 Å². The fourth-order valence-corrected chi connectivity index (χ4v) is 7.44. The summed E-state index contributed by atoms with van der Waals surface area (Å²) in [4.78, 5) is 17.0. The van der Waals surface area contributed by atoms with Gasteiger partial charge in [0.15, 0.2) is 11.5 Å². The van der Waals surface area contributed by atoms with Gasteiger partial charge in [0.2, 0.25) is 5.75 Å². The van der Waals surface area contributed by atoms with Gasteiger partial charge in [0.25, 0.3) is 5.91 Å². The molecule has 0 atom stereocenters. The first kappa shape index (κ1) is 20.0. The molecule has 0 spiro atoms. The number of ether oxygens (including phenoxy) is 3. The molecule has 5 fully saturated rings. The first-order valence-electron chi connectivity index (χ1n) is 11.5. The Morgan fingerprint density at radius 2 is 1.40 bits per heavy atom. The molecule has 0 radical (unpaired) electrons. The second kappa shape index (κ2) is 7.63. The zero-order valence-corrected chi connectivity index (χ0v) is 18.5. The highest BCUT2D eigenvalue weighted by molar-refractivity contribution is 5.95. The molecule has 4 bridgehead atoms. The number of hydrogen-bond acceptors (Lipinski definition) is 4. The van der Waals surface area contributed by atoms with E-state index in [9.17, 15) is 4.79 Å². The maximum atomic E-state index is 13.3. The molecule has 4 saturated carbocycles. The molecule has 0 aromatic heterocycles. The maximum absolute atomic E-state index is 13.3. The summed E-state index contributed by atoms with van der Waals surface area (Å²) < 4.78 is 16.3. The first-order chi connectivity index (χ1) is 14.5. The molecule has 6 nitrogen and oxygen atoms in total. The van der Waals surface area contributed by atoms with Crippen LogP contribution in [0.25, 0.3) is 0 Å². The van der Waals surface area contributed by atoms with Crippen LogP contribution in [0.4, 0.5) is 0 Å². The summed E-state index contributed by atoms with van der Waals surface area (Å²) in [6.07, 6.45) is 8.73. The zero-order chi connectivity index (χ0) is 20.9. The van der Waals surface area contributed by atoms with Crippen LogP contribution in [0.3, 0.4) is 0 Å². The molecule has 1 aliphatic heterocycles. The van der Waals surface area contributed by atoms with Gasteiger partial charge in [0.05, 0.1) is 53.0 Å². The number of hydrogen-bond donors (Lipinski definition) is 1. The molecule has 1 aromatic carbocycles. The van der Waals surface area contributed by atoms with E-state index >= 15 is 0 Å². The van der Waals surface area contributed by atoms with Crippen LogP contribution in [0.15, 0.2) is 12.1 Å². The van der Waals surface area contributed by atoms with Crippen molar-refractivity contribution in [1.82, 2.24) is 4.90 Å². The van der Waals surface area contributed by atoms with Gasteiger partial charge in [-0.2, -0.15) is 0 Å². The van der Waals surface area contributed by atoms with E-state index in [0.29, 0.717) is 28.4 Å². The van der Waals surface area contributed by atoms with E-state index in [2.05, 4.69) is 0 Å². The van der Waals surface area contributed by atoms with E-state index in [0.717, 1.165) is 43.9 Å². The van der Waals surface area contributed by atoms with Crippen molar-refractivity contribution in [3.8, 4) is 17.2 Å². The minimum Gasteiger partial charge on any atom is -0.493 e. The molecule has 6 rings (SSSR count). The van der Waals surface area contributed by atoms with E-state index in [1.54, 1.807) is 38.4 Å². The van der Waals surface area contributed by atoms with E-state index in [4.69, 9.17) is 14.2 Å². The lowest BCUT2D eigenvalue weighted by Crippen LogP contribution is -3.23. The number of carbonyl (C=O) groups excluding carboxylic acids is 1. The number of methoxy groups -OCH3 is 3. The molecular formula is C24H35N2O4+. The van der Waals surface area contributed by atoms with Crippen LogP contribution in [0.5, 0.6) is 17.2 Å². The number of benzene rings is 1. The number of rotatable bonds is 5. The minimum absolute atomic E-state index is 0.0545. The number of piperazine rings is 1. The Hall–Kier alpha value is -1.95. The highest BCUT2D eigenvalue weighted by Crippen LogP contribution is 2.54.